The molecule has 0 bridgehead atoms. The van der Waals surface area contributed by atoms with E-state index in [1.54, 1.807) is 12.1 Å². The molecule has 0 spiro atoms. The van der Waals surface area contributed by atoms with Crippen LogP contribution in [0.2, 0.25) is 0 Å². The van der Waals surface area contributed by atoms with E-state index in [1.165, 1.54) is 11.0 Å². The zero-order valence-corrected chi connectivity index (χ0v) is 20.4. The van der Waals surface area contributed by atoms with Gasteiger partial charge in [0, 0.05) is 30.6 Å². The van der Waals surface area contributed by atoms with Gasteiger partial charge in [-0.15, -0.1) is 0 Å². The van der Waals surface area contributed by atoms with Crippen molar-refractivity contribution < 1.29 is 33.4 Å². The van der Waals surface area contributed by atoms with Gasteiger partial charge in [-0.3, -0.25) is 14.4 Å². The van der Waals surface area contributed by atoms with Gasteiger partial charge in [0.05, 0.1) is 0 Å². The fraction of sp³-hybridized carbons (Fsp3) is 0.444. The Morgan fingerprint density at radius 3 is 2.75 bits per heavy atom. The normalized spacial score (nSPS) is 19.0. The van der Waals surface area contributed by atoms with Crippen molar-refractivity contribution in [2.45, 2.75) is 63.8 Å². The Bertz CT molecular complexity index is 1260. The summed E-state index contributed by atoms with van der Waals surface area (Å²) < 4.78 is 26.2. The number of carboxylic acids is 1. The molecule has 8 nitrogen and oxygen atoms in total. The Labute approximate surface area is 208 Å². The summed E-state index contributed by atoms with van der Waals surface area (Å²) in [5.74, 6) is -0.916. The SMILES string of the molecule is CC1(C)CCc2cc(NC(=O)[C@H]3c4ccc5c(c4CCN3C(=O)CCCC(=O)O)OCO5)cc(F)c21. The van der Waals surface area contributed by atoms with Crippen LogP contribution in [0.25, 0.3) is 0 Å². The molecule has 0 unspecified atom stereocenters. The first kappa shape index (κ1) is 24.1. The molecule has 9 heteroatoms. The second kappa shape index (κ2) is 9.11. The summed E-state index contributed by atoms with van der Waals surface area (Å²) in [4.78, 5) is 39.2. The number of ether oxygens (including phenoxy) is 2. The van der Waals surface area contributed by atoms with Crippen molar-refractivity contribution in [3.63, 3.8) is 0 Å². The third-order valence-electron chi connectivity index (χ3n) is 7.37. The topological polar surface area (TPSA) is 105 Å². The largest absolute Gasteiger partial charge is 0.481 e. The molecule has 0 aromatic heterocycles. The minimum atomic E-state index is -0.976. The summed E-state index contributed by atoms with van der Waals surface area (Å²) in [5.41, 5.74) is 3.08. The Hall–Kier alpha value is -3.62. The van der Waals surface area contributed by atoms with Gasteiger partial charge in [-0.1, -0.05) is 19.9 Å². The molecule has 36 heavy (non-hydrogen) atoms. The number of nitrogens with zero attached hydrogens (tertiary/aromatic N) is 1. The summed E-state index contributed by atoms with van der Waals surface area (Å²) >= 11 is 0. The molecule has 2 amide bonds. The lowest BCUT2D eigenvalue weighted by atomic mass is 9.86. The number of nitrogens with one attached hydrogen (secondary N) is 1. The van der Waals surface area contributed by atoms with Crippen LogP contribution < -0.4 is 14.8 Å². The van der Waals surface area contributed by atoms with Crippen LogP contribution in [0.5, 0.6) is 11.5 Å². The molecule has 5 rings (SSSR count). The third-order valence-corrected chi connectivity index (χ3v) is 7.37. The molecule has 0 radical (unpaired) electrons. The zero-order valence-electron chi connectivity index (χ0n) is 20.4. The molecule has 1 aliphatic carbocycles. The fourth-order valence-electron chi connectivity index (χ4n) is 5.65. The minimum absolute atomic E-state index is 0.0124. The van der Waals surface area contributed by atoms with Crippen LogP contribution in [-0.4, -0.2) is 41.1 Å². The lowest BCUT2D eigenvalue weighted by molar-refractivity contribution is -0.140. The highest BCUT2D eigenvalue weighted by atomic mass is 19.1. The Balaban J connectivity index is 1.46. The van der Waals surface area contributed by atoms with Crippen LogP contribution in [0.1, 0.15) is 67.8 Å². The Kier molecular flexibility index (Phi) is 6.10. The van der Waals surface area contributed by atoms with E-state index in [9.17, 15) is 14.4 Å². The standard InChI is InChI=1S/C27H29FN2O6/c1-27(2)10-8-15-12-16(13-19(28)23(15)27)29-26(34)24-17-6-7-20-25(36-14-35-20)18(17)9-11-30(24)21(31)4-3-5-22(32)33/h6-7,12-13,24H,3-5,8-11,14H2,1-2H3,(H,29,34)(H,32,33)/t24-/m1/s1. The number of fused-ring (bicyclic) bond motifs is 4. The quantitative estimate of drug-likeness (QED) is 0.624. The molecule has 2 aromatic carbocycles. The average Bonchev–Trinajstić information content (AvgIpc) is 3.42. The maximum Gasteiger partial charge on any atom is 0.303 e. The van der Waals surface area contributed by atoms with Gasteiger partial charge in [-0.25, -0.2) is 4.39 Å². The molecule has 2 N–H and O–H groups in total. The molecule has 190 valence electrons. The van der Waals surface area contributed by atoms with E-state index < -0.39 is 17.9 Å². The predicted molar refractivity (Wildman–Crippen MR) is 129 cm³/mol. The number of hydrogen-bond donors (Lipinski definition) is 2. The predicted octanol–water partition coefficient (Wildman–Crippen LogP) is 4.10. The van der Waals surface area contributed by atoms with Crippen LogP contribution in [0, 0.1) is 5.82 Å². The van der Waals surface area contributed by atoms with E-state index in [0.717, 1.165) is 24.0 Å². The van der Waals surface area contributed by atoms with Crippen molar-refractivity contribution in [2.75, 3.05) is 18.7 Å². The molecule has 2 heterocycles. The summed E-state index contributed by atoms with van der Waals surface area (Å²) in [7, 11) is 0. The van der Waals surface area contributed by atoms with Crippen LogP contribution >= 0.6 is 0 Å². The summed E-state index contributed by atoms with van der Waals surface area (Å²) in [6, 6.07) is 5.67. The van der Waals surface area contributed by atoms with Gasteiger partial charge in [-0.2, -0.15) is 0 Å². The number of aliphatic carboxylic acids is 1. The third kappa shape index (κ3) is 4.27. The summed E-state index contributed by atoms with van der Waals surface area (Å²) in [5, 5.41) is 11.8. The average molecular weight is 497 g/mol. The van der Waals surface area contributed by atoms with Crippen LogP contribution in [0.3, 0.4) is 0 Å². The maximum atomic E-state index is 15.0. The molecule has 2 aromatic rings. The van der Waals surface area contributed by atoms with Crippen molar-refractivity contribution in [3.8, 4) is 11.5 Å². The highest BCUT2D eigenvalue weighted by Gasteiger charge is 2.39. The number of hydrogen-bond acceptors (Lipinski definition) is 5. The number of carbonyl (C=O) groups is 3. The van der Waals surface area contributed by atoms with E-state index in [4.69, 9.17) is 14.6 Å². The molecule has 1 atom stereocenters. The summed E-state index contributed by atoms with van der Waals surface area (Å²) in [6.45, 7) is 4.38. The maximum absolute atomic E-state index is 15.0. The van der Waals surface area contributed by atoms with Crippen LogP contribution in [0.15, 0.2) is 24.3 Å². The first-order valence-corrected chi connectivity index (χ1v) is 12.2. The molecule has 0 saturated heterocycles. The van der Waals surface area contributed by atoms with E-state index in [-0.39, 0.29) is 49.7 Å². The molecular formula is C27H29FN2O6. The van der Waals surface area contributed by atoms with Crippen molar-refractivity contribution in [2.24, 2.45) is 0 Å². The van der Waals surface area contributed by atoms with Crippen LogP contribution in [-0.2, 0) is 32.6 Å². The number of carboxylic acid groups (broad SMARTS) is 1. The van der Waals surface area contributed by atoms with Crippen LogP contribution in [0.4, 0.5) is 10.1 Å². The molecular weight excluding hydrogens is 467 g/mol. The summed E-state index contributed by atoms with van der Waals surface area (Å²) in [6.07, 6.45) is 2.10. The number of benzene rings is 2. The minimum Gasteiger partial charge on any atom is -0.481 e. The smallest absolute Gasteiger partial charge is 0.303 e. The lowest BCUT2D eigenvalue weighted by Crippen LogP contribution is -2.45. The van der Waals surface area contributed by atoms with Crippen molar-refractivity contribution >= 4 is 23.5 Å². The lowest BCUT2D eigenvalue weighted by Gasteiger charge is -2.37. The van der Waals surface area contributed by atoms with Gasteiger partial charge >= 0.3 is 5.97 Å². The first-order chi connectivity index (χ1) is 17.2. The van der Waals surface area contributed by atoms with Crippen molar-refractivity contribution in [1.82, 2.24) is 4.90 Å². The zero-order chi connectivity index (χ0) is 25.6. The highest BCUT2D eigenvalue weighted by molar-refractivity contribution is 5.99. The molecule has 3 aliphatic rings. The van der Waals surface area contributed by atoms with Gasteiger partial charge in [0.2, 0.25) is 12.7 Å². The molecule has 0 fully saturated rings. The van der Waals surface area contributed by atoms with Gasteiger partial charge in [0.25, 0.3) is 5.91 Å². The second-order valence-corrected chi connectivity index (χ2v) is 10.2. The van der Waals surface area contributed by atoms with Gasteiger partial charge < -0.3 is 24.8 Å². The number of halogens is 1. The van der Waals surface area contributed by atoms with E-state index >= 15 is 4.39 Å². The number of carbonyl (C=O) groups excluding carboxylic acids is 2. The Morgan fingerprint density at radius 1 is 1.17 bits per heavy atom. The number of rotatable bonds is 6. The number of amides is 2. The van der Waals surface area contributed by atoms with Gasteiger partial charge in [0.1, 0.15) is 11.9 Å². The van der Waals surface area contributed by atoms with Gasteiger partial charge in [-0.05, 0) is 66.0 Å². The monoisotopic (exact) mass is 496 g/mol. The van der Waals surface area contributed by atoms with Gasteiger partial charge in [0.15, 0.2) is 11.5 Å². The van der Waals surface area contributed by atoms with Crippen molar-refractivity contribution in [3.05, 3.63) is 52.3 Å². The molecule has 0 saturated carbocycles. The van der Waals surface area contributed by atoms with E-state index in [1.807, 2.05) is 19.9 Å². The number of aryl methyl sites for hydroxylation is 1. The number of anilines is 1. The van der Waals surface area contributed by atoms with E-state index in [2.05, 4.69) is 5.32 Å². The highest BCUT2D eigenvalue weighted by Crippen LogP contribution is 2.44. The molecule has 2 aliphatic heterocycles. The first-order valence-electron chi connectivity index (χ1n) is 12.2. The Morgan fingerprint density at radius 2 is 1.97 bits per heavy atom. The second-order valence-electron chi connectivity index (χ2n) is 10.2. The van der Waals surface area contributed by atoms with E-state index in [0.29, 0.717) is 34.7 Å². The van der Waals surface area contributed by atoms with Crippen molar-refractivity contribution in [1.29, 1.82) is 0 Å². The fourth-order valence-corrected chi connectivity index (χ4v) is 5.65.